The molecule has 0 aromatic rings. The molecule has 0 heterocycles. The topological polar surface area (TPSA) is 20.2 Å². The molecule has 0 aromatic carbocycles. The van der Waals surface area contributed by atoms with Gasteiger partial charge >= 0.3 is 0 Å². The van der Waals surface area contributed by atoms with E-state index in [0.29, 0.717) is 5.92 Å². The summed E-state index contributed by atoms with van der Waals surface area (Å²) in [5.41, 5.74) is -0.509. The van der Waals surface area contributed by atoms with Gasteiger partial charge in [-0.15, -0.1) is 0 Å². The van der Waals surface area contributed by atoms with Crippen molar-refractivity contribution in [1.82, 2.24) is 0 Å². The van der Waals surface area contributed by atoms with Crippen LogP contribution in [-0.4, -0.2) is 10.7 Å². The lowest BCUT2D eigenvalue weighted by molar-refractivity contribution is -0.0699. The summed E-state index contributed by atoms with van der Waals surface area (Å²) in [5.74, 6) is 0.626. The number of hydrogen-bond acceptors (Lipinski definition) is 1. The first-order chi connectivity index (χ1) is 6.27. The number of aliphatic hydroxyl groups is 1. The van der Waals surface area contributed by atoms with Gasteiger partial charge in [-0.25, -0.2) is 0 Å². The van der Waals surface area contributed by atoms with Crippen molar-refractivity contribution in [3.63, 3.8) is 0 Å². The summed E-state index contributed by atoms with van der Waals surface area (Å²) < 4.78 is 0. The third-order valence-corrected chi connectivity index (χ3v) is 3.87. The second kappa shape index (κ2) is 5.16. The van der Waals surface area contributed by atoms with E-state index in [2.05, 4.69) is 34.6 Å². The van der Waals surface area contributed by atoms with Gasteiger partial charge in [-0.2, -0.15) is 0 Å². The molecule has 0 bridgehead atoms. The maximum Gasteiger partial charge on any atom is 0.0672 e. The molecule has 0 aliphatic heterocycles. The van der Waals surface area contributed by atoms with Crippen LogP contribution in [0, 0.1) is 11.3 Å². The van der Waals surface area contributed by atoms with Crippen molar-refractivity contribution >= 4 is 0 Å². The molecule has 14 heavy (non-hydrogen) atoms. The van der Waals surface area contributed by atoms with Crippen molar-refractivity contribution < 1.29 is 5.11 Å². The van der Waals surface area contributed by atoms with Crippen LogP contribution in [0.5, 0.6) is 0 Å². The van der Waals surface area contributed by atoms with Crippen molar-refractivity contribution in [3.05, 3.63) is 0 Å². The molecule has 2 atom stereocenters. The summed E-state index contributed by atoms with van der Waals surface area (Å²) in [6.45, 7) is 12.9. The van der Waals surface area contributed by atoms with Crippen molar-refractivity contribution in [3.8, 4) is 0 Å². The highest BCUT2D eigenvalue weighted by atomic mass is 16.3. The van der Waals surface area contributed by atoms with Gasteiger partial charge in [0.2, 0.25) is 0 Å². The second-order valence-corrected chi connectivity index (χ2v) is 5.61. The van der Waals surface area contributed by atoms with Gasteiger partial charge in [-0.3, -0.25) is 0 Å². The number of hydrogen-bond donors (Lipinski definition) is 1. The maximum absolute atomic E-state index is 10.4. The van der Waals surface area contributed by atoms with Gasteiger partial charge in [0, 0.05) is 0 Å². The number of rotatable bonds is 6. The summed E-state index contributed by atoms with van der Waals surface area (Å²) in [5, 5.41) is 10.4. The minimum Gasteiger partial charge on any atom is -0.390 e. The van der Waals surface area contributed by atoms with Crippen LogP contribution < -0.4 is 0 Å². The van der Waals surface area contributed by atoms with Gasteiger partial charge < -0.3 is 5.11 Å². The first-order valence-corrected chi connectivity index (χ1v) is 5.99. The molecule has 0 rings (SSSR count). The molecule has 86 valence electrons. The minimum atomic E-state index is -0.531. The molecule has 0 saturated heterocycles. The van der Waals surface area contributed by atoms with E-state index < -0.39 is 5.60 Å². The van der Waals surface area contributed by atoms with Crippen LogP contribution in [0.4, 0.5) is 0 Å². The van der Waals surface area contributed by atoms with Crippen molar-refractivity contribution in [2.24, 2.45) is 11.3 Å². The van der Waals surface area contributed by atoms with Gasteiger partial charge in [-0.05, 0) is 31.1 Å². The predicted octanol–water partition coefficient (Wildman–Crippen LogP) is 4.00. The summed E-state index contributed by atoms with van der Waals surface area (Å²) in [4.78, 5) is 0. The van der Waals surface area contributed by atoms with Crippen LogP contribution in [0.2, 0.25) is 0 Å². The largest absolute Gasteiger partial charge is 0.390 e. The zero-order chi connectivity index (χ0) is 11.4. The Morgan fingerprint density at radius 2 is 1.64 bits per heavy atom. The normalized spacial score (nSPS) is 19.1. The predicted molar refractivity (Wildman–Crippen MR) is 63.4 cm³/mol. The van der Waals surface area contributed by atoms with Gasteiger partial charge in [0.1, 0.15) is 0 Å². The van der Waals surface area contributed by atoms with Gasteiger partial charge in [0.25, 0.3) is 0 Å². The van der Waals surface area contributed by atoms with E-state index in [9.17, 15) is 5.11 Å². The van der Waals surface area contributed by atoms with Crippen molar-refractivity contribution in [1.29, 1.82) is 0 Å². The van der Waals surface area contributed by atoms with Crippen LogP contribution >= 0.6 is 0 Å². The summed E-state index contributed by atoms with van der Waals surface area (Å²) in [7, 11) is 0. The Bertz CT molecular complexity index is 159. The van der Waals surface area contributed by atoms with Gasteiger partial charge in [-0.1, -0.05) is 47.5 Å². The average molecular weight is 200 g/mol. The Labute approximate surface area is 89.9 Å². The quantitative estimate of drug-likeness (QED) is 0.687. The highest BCUT2D eigenvalue weighted by Gasteiger charge is 2.38. The zero-order valence-corrected chi connectivity index (χ0v) is 10.9. The lowest BCUT2D eigenvalue weighted by Gasteiger charge is -2.41. The molecule has 0 aromatic heterocycles. The Hall–Kier alpha value is -0.0400. The summed E-state index contributed by atoms with van der Waals surface area (Å²) in [6.07, 6.45) is 4.38. The molecule has 0 amide bonds. The lowest BCUT2D eigenvalue weighted by atomic mass is 9.70. The summed E-state index contributed by atoms with van der Waals surface area (Å²) in [6, 6.07) is 0. The lowest BCUT2D eigenvalue weighted by Crippen LogP contribution is -2.42. The van der Waals surface area contributed by atoms with Gasteiger partial charge in [0.15, 0.2) is 0 Å². The highest BCUT2D eigenvalue weighted by molar-refractivity contribution is 4.89. The first kappa shape index (κ1) is 14.0. The highest BCUT2D eigenvalue weighted by Crippen LogP contribution is 2.38. The molecule has 0 aliphatic rings. The fourth-order valence-electron chi connectivity index (χ4n) is 1.93. The Morgan fingerprint density at radius 1 is 1.14 bits per heavy atom. The molecular weight excluding hydrogens is 172 g/mol. The molecule has 2 unspecified atom stereocenters. The minimum absolute atomic E-state index is 0.0228. The Balaban J connectivity index is 4.32. The summed E-state index contributed by atoms with van der Waals surface area (Å²) >= 11 is 0. The fraction of sp³-hybridized carbons (Fsp3) is 1.00. The van der Waals surface area contributed by atoms with Crippen molar-refractivity contribution in [2.45, 2.75) is 72.8 Å². The molecule has 0 saturated carbocycles. The second-order valence-electron chi connectivity index (χ2n) is 5.61. The maximum atomic E-state index is 10.4. The van der Waals surface area contributed by atoms with E-state index in [1.165, 1.54) is 12.8 Å². The SMILES string of the molecule is CCCC(C)CC(C)(O)C(C)(C)CC. The van der Waals surface area contributed by atoms with E-state index in [0.717, 1.165) is 12.8 Å². The Morgan fingerprint density at radius 3 is 2.00 bits per heavy atom. The van der Waals surface area contributed by atoms with E-state index >= 15 is 0 Å². The van der Waals surface area contributed by atoms with Crippen LogP contribution in [-0.2, 0) is 0 Å². The molecule has 0 fully saturated rings. The van der Waals surface area contributed by atoms with E-state index in [1.807, 2.05) is 6.92 Å². The standard InChI is InChI=1S/C13H28O/c1-7-9-11(3)10-13(6,14)12(4,5)8-2/h11,14H,7-10H2,1-6H3. The van der Waals surface area contributed by atoms with E-state index in [-0.39, 0.29) is 5.41 Å². The molecule has 1 heteroatoms. The zero-order valence-electron chi connectivity index (χ0n) is 10.9. The van der Waals surface area contributed by atoms with E-state index in [1.54, 1.807) is 0 Å². The monoisotopic (exact) mass is 200 g/mol. The molecule has 0 aliphatic carbocycles. The average Bonchev–Trinajstić information content (AvgIpc) is 2.03. The molecule has 0 radical (unpaired) electrons. The molecule has 0 spiro atoms. The molecular formula is C13H28O. The van der Waals surface area contributed by atoms with Crippen molar-refractivity contribution in [2.75, 3.05) is 0 Å². The Kier molecular flexibility index (Phi) is 5.14. The molecule has 1 nitrogen and oxygen atoms in total. The van der Waals surface area contributed by atoms with Crippen LogP contribution in [0.25, 0.3) is 0 Å². The third kappa shape index (κ3) is 3.61. The smallest absolute Gasteiger partial charge is 0.0672 e. The van der Waals surface area contributed by atoms with Crippen LogP contribution in [0.1, 0.15) is 67.2 Å². The van der Waals surface area contributed by atoms with Crippen LogP contribution in [0.3, 0.4) is 0 Å². The third-order valence-electron chi connectivity index (χ3n) is 3.87. The molecule has 1 N–H and O–H groups in total. The fourth-order valence-corrected chi connectivity index (χ4v) is 1.93. The van der Waals surface area contributed by atoms with Gasteiger partial charge in [0.05, 0.1) is 5.60 Å². The first-order valence-electron chi connectivity index (χ1n) is 5.99. The van der Waals surface area contributed by atoms with E-state index in [4.69, 9.17) is 0 Å². The van der Waals surface area contributed by atoms with Crippen LogP contribution in [0.15, 0.2) is 0 Å².